The summed E-state index contributed by atoms with van der Waals surface area (Å²) in [5, 5.41) is 0. The predicted octanol–water partition coefficient (Wildman–Crippen LogP) is -0.106. The van der Waals surface area contributed by atoms with Crippen LogP contribution in [0.2, 0.25) is 0 Å². The second-order valence-corrected chi connectivity index (χ2v) is 5.59. The van der Waals surface area contributed by atoms with E-state index in [1.54, 1.807) is 0 Å². The third-order valence-electron chi connectivity index (χ3n) is 0.829. The van der Waals surface area contributed by atoms with E-state index in [4.69, 9.17) is 0 Å². The van der Waals surface area contributed by atoms with Crippen LogP contribution in [0.15, 0.2) is 0 Å². The van der Waals surface area contributed by atoms with E-state index in [-0.39, 0.29) is 51.4 Å². The quantitative estimate of drug-likeness (QED) is 0.569. The zero-order valence-corrected chi connectivity index (χ0v) is 12.0. The Labute approximate surface area is 128 Å². The van der Waals surface area contributed by atoms with E-state index in [1.807, 2.05) is 0 Å². The van der Waals surface area contributed by atoms with Gasteiger partial charge in [0.1, 0.15) is 0 Å². The first-order valence-electron chi connectivity index (χ1n) is 2.62. The molecule has 1 radical (unpaired) electrons. The van der Waals surface area contributed by atoms with Gasteiger partial charge in [0, 0.05) is 51.4 Å². The van der Waals surface area contributed by atoms with Crippen LogP contribution >= 0.6 is 0 Å². The van der Waals surface area contributed by atoms with E-state index in [0.717, 1.165) is 0 Å². The Bertz CT molecular complexity index is 390. The fourth-order valence-electron chi connectivity index (χ4n) is 0.239. The SMILES string of the molecule is O=S(=O)(NS(=O)(=O)C(F)(F)F)C(F)(F)F.[K]. The fourth-order valence-corrected chi connectivity index (χ4v) is 2.15. The molecule has 16 heavy (non-hydrogen) atoms. The van der Waals surface area contributed by atoms with Crippen molar-refractivity contribution in [3.8, 4) is 0 Å². The van der Waals surface area contributed by atoms with Crippen molar-refractivity contribution in [2.75, 3.05) is 0 Å². The fraction of sp³-hybridized carbons (Fsp3) is 1.00. The smallest absolute Gasteiger partial charge is 0.202 e. The van der Waals surface area contributed by atoms with Crippen molar-refractivity contribution >= 4 is 71.4 Å². The van der Waals surface area contributed by atoms with Crippen LogP contribution in [0.4, 0.5) is 26.3 Å². The van der Waals surface area contributed by atoms with Crippen LogP contribution < -0.4 is 4.13 Å². The average Bonchev–Trinajstić information content (AvgIpc) is 1.77. The Hall–Kier alpha value is 1.08. The molecule has 0 spiro atoms. The van der Waals surface area contributed by atoms with E-state index in [9.17, 15) is 43.2 Å². The molecule has 5 nitrogen and oxygen atoms in total. The summed E-state index contributed by atoms with van der Waals surface area (Å²) in [6.07, 6.45) is 0. The van der Waals surface area contributed by atoms with Crippen LogP contribution in [0.25, 0.3) is 0 Å². The molecule has 0 rings (SSSR count). The minimum Gasteiger partial charge on any atom is -0.202 e. The summed E-state index contributed by atoms with van der Waals surface area (Å²) in [5.41, 5.74) is -12.3. The molecular weight excluding hydrogens is 319 g/mol. The Kier molecular flexibility index (Phi) is 6.52. The zero-order chi connectivity index (χ0) is 12.7. The number of alkyl halides is 6. The Morgan fingerprint density at radius 1 is 0.688 bits per heavy atom. The third kappa shape index (κ3) is 4.75. The van der Waals surface area contributed by atoms with E-state index in [0.29, 0.717) is 0 Å². The zero-order valence-electron chi connectivity index (χ0n) is 7.22. The van der Waals surface area contributed by atoms with Gasteiger partial charge in [0.25, 0.3) is 0 Å². The molecule has 0 bridgehead atoms. The van der Waals surface area contributed by atoms with Crippen molar-refractivity contribution < 1.29 is 43.2 Å². The second-order valence-electron chi connectivity index (χ2n) is 1.98. The van der Waals surface area contributed by atoms with Crippen molar-refractivity contribution in [2.45, 2.75) is 11.0 Å². The maximum Gasteiger partial charge on any atom is 0.512 e. The molecule has 0 aliphatic carbocycles. The van der Waals surface area contributed by atoms with Crippen molar-refractivity contribution in [3.63, 3.8) is 0 Å². The predicted molar refractivity (Wildman–Crippen MR) is 38.8 cm³/mol. The molecule has 0 aliphatic rings. The molecule has 0 saturated heterocycles. The summed E-state index contributed by atoms with van der Waals surface area (Å²) in [4.78, 5) is 0. The van der Waals surface area contributed by atoms with Crippen molar-refractivity contribution in [3.05, 3.63) is 0 Å². The standard InChI is InChI=1S/C2HF6NO4S2.K/c3-1(4,5)14(10,11)9-15(12,13)2(6,7)8;/h9H;. The van der Waals surface area contributed by atoms with Gasteiger partial charge in [-0.2, -0.15) is 26.3 Å². The van der Waals surface area contributed by atoms with Gasteiger partial charge >= 0.3 is 31.1 Å². The van der Waals surface area contributed by atoms with Gasteiger partial charge in [0.2, 0.25) is 0 Å². The van der Waals surface area contributed by atoms with Gasteiger partial charge in [-0.15, -0.1) is 0 Å². The molecule has 1 N–H and O–H groups in total. The van der Waals surface area contributed by atoms with Crippen LogP contribution in [-0.2, 0) is 20.0 Å². The first kappa shape index (κ1) is 19.4. The minimum absolute atomic E-state index is 0. The molecule has 93 valence electrons. The Morgan fingerprint density at radius 2 is 0.875 bits per heavy atom. The summed E-state index contributed by atoms with van der Waals surface area (Å²) >= 11 is 0. The van der Waals surface area contributed by atoms with E-state index < -0.39 is 35.2 Å². The summed E-state index contributed by atoms with van der Waals surface area (Å²) in [6, 6.07) is 0. The van der Waals surface area contributed by atoms with Crippen LogP contribution in [0, 0.1) is 0 Å². The molecule has 0 amide bonds. The van der Waals surface area contributed by atoms with Crippen molar-refractivity contribution in [2.24, 2.45) is 0 Å². The first-order valence-corrected chi connectivity index (χ1v) is 5.58. The van der Waals surface area contributed by atoms with Crippen LogP contribution in [0.3, 0.4) is 0 Å². The molecule has 0 aromatic carbocycles. The Morgan fingerprint density at radius 3 is 1.00 bits per heavy atom. The van der Waals surface area contributed by atoms with Gasteiger partial charge in [0.15, 0.2) is 0 Å². The van der Waals surface area contributed by atoms with Crippen LogP contribution in [0.1, 0.15) is 0 Å². The average molecular weight is 320 g/mol. The molecule has 0 fully saturated rings. The van der Waals surface area contributed by atoms with Gasteiger partial charge in [-0.25, -0.2) is 16.8 Å². The minimum atomic E-state index is -6.60. The number of nitrogens with one attached hydrogen (secondary N) is 1. The topological polar surface area (TPSA) is 80.3 Å². The first-order chi connectivity index (χ1) is 6.21. The molecule has 0 aromatic rings. The van der Waals surface area contributed by atoms with Gasteiger partial charge in [-0.1, -0.05) is 4.13 Å². The molecule has 0 saturated carbocycles. The summed E-state index contributed by atoms with van der Waals surface area (Å²) in [6.45, 7) is 0. The molecule has 0 aromatic heterocycles. The van der Waals surface area contributed by atoms with Gasteiger partial charge < -0.3 is 0 Å². The molecule has 14 heteroatoms. The maximum atomic E-state index is 11.5. The maximum absolute atomic E-state index is 11.5. The van der Waals surface area contributed by atoms with Crippen molar-refractivity contribution in [1.82, 2.24) is 4.13 Å². The van der Waals surface area contributed by atoms with Crippen LogP contribution in [0.5, 0.6) is 0 Å². The molecule has 0 aliphatic heterocycles. The number of hydrogen-bond donors (Lipinski definition) is 1. The van der Waals surface area contributed by atoms with Gasteiger partial charge in [0.05, 0.1) is 0 Å². The normalized spacial score (nSPS) is 14.4. The summed E-state index contributed by atoms with van der Waals surface area (Å²) in [7, 11) is -13.2. The summed E-state index contributed by atoms with van der Waals surface area (Å²) < 4.78 is 108. The molecule has 0 atom stereocenters. The number of hydrogen-bond acceptors (Lipinski definition) is 4. The van der Waals surface area contributed by atoms with Crippen LogP contribution in [-0.4, -0.2) is 79.2 Å². The van der Waals surface area contributed by atoms with E-state index in [1.165, 1.54) is 0 Å². The molecule has 0 unspecified atom stereocenters. The summed E-state index contributed by atoms with van der Waals surface area (Å²) in [5.74, 6) is 0. The van der Waals surface area contributed by atoms with Gasteiger partial charge in [-0.05, 0) is 0 Å². The number of rotatable bonds is 2. The monoisotopic (exact) mass is 320 g/mol. The van der Waals surface area contributed by atoms with E-state index >= 15 is 0 Å². The van der Waals surface area contributed by atoms with Gasteiger partial charge in [-0.3, -0.25) is 0 Å². The molecule has 0 heterocycles. The third-order valence-corrected chi connectivity index (χ3v) is 3.80. The Balaban J connectivity index is 0. The largest absolute Gasteiger partial charge is 0.512 e. The number of sulfonamides is 2. The van der Waals surface area contributed by atoms with E-state index in [2.05, 4.69) is 0 Å². The molecular formula is C2HF6KNO4S2. The van der Waals surface area contributed by atoms with Crippen molar-refractivity contribution in [1.29, 1.82) is 0 Å². The number of halogens is 6. The second kappa shape index (κ2) is 5.37.